The molecule has 4 nitrogen and oxygen atoms in total. The van der Waals surface area contributed by atoms with Crippen LogP contribution in [0.1, 0.15) is 20.3 Å². The maximum Gasteiger partial charge on any atom is 0.221 e. The van der Waals surface area contributed by atoms with E-state index in [0.29, 0.717) is 25.6 Å². The van der Waals surface area contributed by atoms with Gasteiger partial charge in [-0.1, -0.05) is 11.8 Å². The quantitative estimate of drug-likeness (QED) is 0.722. The van der Waals surface area contributed by atoms with Crippen LogP contribution in [0.2, 0.25) is 0 Å². The van der Waals surface area contributed by atoms with Crippen LogP contribution in [0.4, 0.5) is 0 Å². The normalized spacial score (nSPS) is 23.6. The van der Waals surface area contributed by atoms with Crippen LogP contribution < -0.4 is 10.6 Å². The summed E-state index contributed by atoms with van der Waals surface area (Å²) in [5.74, 6) is 1.15. The molecule has 1 atom stereocenters. The Morgan fingerprint density at radius 2 is 2.57 bits per heavy atom. The first-order valence-corrected chi connectivity index (χ1v) is 5.91. The summed E-state index contributed by atoms with van der Waals surface area (Å²) >= 11 is 1.72. The lowest BCUT2D eigenvalue weighted by molar-refractivity contribution is -0.120. The highest BCUT2D eigenvalue weighted by molar-refractivity contribution is 8.14. The van der Waals surface area contributed by atoms with Crippen LogP contribution in [0.25, 0.3) is 0 Å². The highest BCUT2D eigenvalue weighted by Crippen LogP contribution is 2.12. The lowest BCUT2D eigenvalue weighted by atomic mass is 10.4. The lowest BCUT2D eigenvalue weighted by Gasteiger charge is -2.01. The first-order valence-electron chi connectivity index (χ1n) is 4.93. The van der Waals surface area contributed by atoms with E-state index in [1.165, 1.54) is 0 Å². The van der Waals surface area contributed by atoms with Gasteiger partial charge in [-0.3, -0.25) is 9.79 Å². The molecular formula is C9H17N3OS. The minimum atomic E-state index is 0.0768. The average molecular weight is 215 g/mol. The van der Waals surface area contributed by atoms with Crippen LogP contribution >= 0.6 is 11.8 Å². The van der Waals surface area contributed by atoms with Gasteiger partial charge in [0.1, 0.15) is 0 Å². The standard InChI is InChI=1S/C9H17N3OS/c1-3-10-8(13)4-5-11-9-12-7(2)6-14-9/h7H,3-6H2,1-2H3,(H,10,13)(H,11,12). The summed E-state index contributed by atoms with van der Waals surface area (Å²) in [4.78, 5) is 15.4. The molecule has 0 aromatic rings. The molecule has 0 aromatic carbocycles. The fraction of sp³-hybridized carbons (Fsp3) is 0.778. The number of carbonyl (C=O) groups excluding carboxylic acids is 1. The fourth-order valence-corrected chi connectivity index (χ4v) is 2.09. The number of carbonyl (C=O) groups is 1. The summed E-state index contributed by atoms with van der Waals surface area (Å²) in [6.45, 7) is 5.31. The van der Waals surface area contributed by atoms with Crippen molar-refractivity contribution in [3.05, 3.63) is 0 Å². The van der Waals surface area contributed by atoms with Gasteiger partial charge < -0.3 is 10.6 Å². The van der Waals surface area contributed by atoms with E-state index in [4.69, 9.17) is 0 Å². The zero-order chi connectivity index (χ0) is 10.4. The molecule has 1 amide bonds. The molecule has 2 N–H and O–H groups in total. The number of hydrogen-bond donors (Lipinski definition) is 2. The van der Waals surface area contributed by atoms with E-state index in [2.05, 4.69) is 22.5 Å². The van der Waals surface area contributed by atoms with Crippen molar-refractivity contribution in [3.8, 4) is 0 Å². The number of thioether (sulfide) groups is 1. The fourth-order valence-electron chi connectivity index (χ4n) is 1.13. The molecule has 0 saturated carbocycles. The van der Waals surface area contributed by atoms with Gasteiger partial charge in [-0.05, 0) is 13.8 Å². The van der Waals surface area contributed by atoms with Gasteiger partial charge in [0, 0.05) is 24.8 Å². The molecule has 1 rings (SSSR count). The van der Waals surface area contributed by atoms with Crippen LogP contribution in [0.3, 0.4) is 0 Å². The van der Waals surface area contributed by atoms with Crippen molar-refractivity contribution in [1.29, 1.82) is 0 Å². The Kier molecular flexibility index (Phi) is 4.79. The second-order valence-electron chi connectivity index (χ2n) is 3.25. The molecule has 5 heteroatoms. The number of nitrogens with zero attached hydrogens (tertiary/aromatic N) is 1. The molecule has 0 aliphatic carbocycles. The summed E-state index contributed by atoms with van der Waals surface area (Å²) in [6.07, 6.45) is 0.480. The van der Waals surface area contributed by atoms with Crippen molar-refractivity contribution in [1.82, 2.24) is 10.6 Å². The minimum absolute atomic E-state index is 0.0768. The van der Waals surface area contributed by atoms with Crippen molar-refractivity contribution < 1.29 is 4.79 Å². The smallest absolute Gasteiger partial charge is 0.221 e. The molecule has 1 unspecified atom stereocenters. The van der Waals surface area contributed by atoms with Crippen molar-refractivity contribution in [2.24, 2.45) is 4.99 Å². The molecule has 1 aliphatic heterocycles. The van der Waals surface area contributed by atoms with Crippen molar-refractivity contribution in [3.63, 3.8) is 0 Å². The number of amidine groups is 1. The number of nitrogens with one attached hydrogen (secondary N) is 2. The minimum Gasteiger partial charge on any atom is -0.362 e. The summed E-state index contributed by atoms with van der Waals surface area (Å²) in [7, 11) is 0. The molecule has 1 saturated heterocycles. The Labute approximate surface area is 88.9 Å². The largest absolute Gasteiger partial charge is 0.362 e. The predicted octanol–water partition coefficient (Wildman–Crippen LogP) is 0.593. The van der Waals surface area contributed by atoms with Gasteiger partial charge in [-0.15, -0.1) is 0 Å². The third kappa shape index (κ3) is 4.00. The van der Waals surface area contributed by atoms with E-state index >= 15 is 0 Å². The third-order valence-electron chi connectivity index (χ3n) is 1.81. The lowest BCUT2D eigenvalue weighted by Crippen LogP contribution is -2.25. The van der Waals surface area contributed by atoms with E-state index in [9.17, 15) is 4.79 Å². The molecule has 14 heavy (non-hydrogen) atoms. The van der Waals surface area contributed by atoms with Gasteiger partial charge in [0.05, 0.1) is 6.54 Å². The van der Waals surface area contributed by atoms with E-state index in [0.717, 1.165) is 10.9 Å². The SMILES string of the molecule is CCNC(=O)CCN=C1NC(C)CS1. The first-order chi connectivity index (χ1) is 6.72. The Hall–Kier alpha value is -0.710. The van der Waals surface area contributed by atoms with Crippen LogP contribution in [-0.4, -0.2) is 36.0 Å². The summed E-state index contributed by atoms with van der Waals surface area (Å²) in [5.41, 5.74) is 0. The monoisotopic (exact) mass is 215 g/mol. The van der Waals surface area contributed by atoms with Gasteiger partial charge in [0.2, 0.25) is 5.91 Å². The zero-order valence-corrected chi connectivity index (χ0v) is 9.49. The Morgan fingerprint density at radius 1 is 1.79 bits per heavy atom. The highest BCUT2D eigenvalue weighted by atomic mass is 32.2. The van der Waals surface area contributed by atoms with Gasteiger partial charge in [0.25, 0.3) is 0 Å². The number of aliphatic imine (C=N–C) groups is 1. The Morgan fingerprint density at radius 3 is 3.14 bits per heavy atom. The highest BCUT2D eigenvalue weighted by Gasteiger charge is 2.14. The molecule has 0 bridgehead atoms. The van der Waals surface area contributed by atoms with E-state index in [-0.39, 0.29) is 5.91 Å². The van der Waals surface area contributed by atoms with Crippen molar-refractivity contribution in [2.45, 2.75) is 26.3 Å². The maximum absolute atomic E-state index is 11.1. The summed E-state index contributed by atoms with van der Waals surface area (Å²) in [6, 6.07) is 0.503. The molecule has 1 heterocycles. The van der Waals surface area contributed by atoms with Crippen LogP contribution in [-0.2, 0) is 4.79 Å². The molecule has 0 aromatic heterocycles. The second kappa shape index (κ2) is 5.90. The number of hydrogen-bond acceptors (Lipinski definition) is 3. The third-order valence-corrected chi connectivity index (χ3v) is 3.00. The van der Waals surface area contributed by atoms with Crippen LogP contribution in [0, 0.1) is 0 Å². The predicted molar refractivity (Wildman–Crippen MR) is 60.7 cm³/mol. The van der Waals surface area contributed by atoms with Gasteiger partial charge in [-0.25, -0.2) is 0 Å². The van der Waals surface area contributed by atoms with Crippen molar-refractivity contribution >= 4 is 22.8 Å². The number of amides is 1. The second-order valence-corrected chi connectivity index (χ2v) is 4.26. The van der Waals surface area contributed by atoms with Gasteiger partial charge >= 0.3 is 0 Å². The van der Waals surface area contributed by atoms with E-state index in [1.54, 1.807) is 11.8 Å². The number of rotatable bonds is 4. The molecule has 0 radical (unpaired) electrons. The molecule has 1 fully saturated rings. The summed E-state index contributed by atoms with van der Waals surface area (Å²) < 4.78 is 0. The van der Waals surface area contributed by atoms with Crippen molar-refractivity contribution in [2.75, 3.05) is 18.8 Å². The van der Waals surface area contributed by atoms with Gasteiger partial charge in [-0.2, -0.15) is 0 Å². The maximum atomic E-state index is 11.1. The first kappa shape index (κ1) is 11.4. The molecule has 1 aliphatic rings. The van der Waals surface area contributed by atoms with Crippen LogP contribution in [0.5, 0.6) is 0 Å². The Bertz CT molecular complexity index is 230. The molecule has 0 spiro atoms. The topological polar surface area (TPSA) is 53.5 Å². The molecule has 80 valence electrons. The zero-order valence-electron chi connectivity index (χ0n) is 8.67. The Balaban J connectivity index is 2.17. The summed E-state index contributed by atoms with van der Waals surface area (Å²) in [5, 5.41) is 6.96. The van der Waals surface area contributed by atoms with Gasteiger partial charge in [0.15, 0.2) is 5.17 Å². The average Bonchev–Trinajstić information content (AvgIpc) is 2.52. The van der Waals surface area contributed by atoms with E-state index < -0.39 is 0 Å². The molecular weight excluding hydrogens is 198 g/mol. The van der Waals surface area contributed by atoms with Crippen LogP contribution in [0.15, 0.2) is 4.99 Å². The van der Waals surface area contributed by atoms with E-state index in [1.807, 2.05) is 6.92 Å².